The molecule has 0 spiro atoms. The maximum absolute atomic E-state index is 3.95. The standard InChI is InChI=1S/C14H10.C9H8N2/c1-2-6-12-10-14-8-4-3-7-13(14)9-11(12)5-1;1-2-6-9-8(4-1)5-3-7-10-11-9/h1-10H;1-7,11H. The Balaban J connectivity index is 0.000000129. The lowest BCUT2D eigenvalue weighted by atomic mass is 10.0. The summed E-state index contributed by atoms with van der Waals surface area (Å²) in [6, 6.07) is 29.5. The minimum absolute atomic E-state index is 1.05. The molecule has 5 rings (SSSR count). The molecule has 0 radical (unpaired) electrons. The molecule has 1 N–H and O–H groups in total. The van der Waals surface area contributed by atoms with E-state index in [1.165, 1.54) is 27.1 Å². The highest BCUT2D eigenvalue weighted by Gasteiger charge is 1.97. The van der Waals surface area contributed by atoms with E-state index in [2.05, 4.69) is 71.2 Å². The quantitative estimate of drug-likeness (QED) is 0.388. The number of fused-ring (bicyclic) bond motifs is 3. The summed E-state index contributed by atoms with van der Waals surface area (Å²) in [6.07, 6.45) is 5.68. The van der Waals surface area contributed by atoms with Crippen molar-refractivity contribution in [3.05, 3.63) is 96.6 Å². The molecule has 1 aliphatic rings. The van der Waals surface area contributed by atoms with Crippen LogP contribution in [0.25, 0.3) is 27.6 Å². The molecule has 0 atom stereocenters. The maximum Gasteiger partial charge on any atom is 0.0634 e. The molecule has 0 unspecified atom stereocenters. The Hall–Kier alpha value is -3.39. The van der Waals surface area contributed by atoms with Crippen LogP contribution in [0.4, 0.5) is 5.69 Å². The van der Waals surface area contributed by atoms with Gasteiger partial charge in [0.25, 0.3) is 0 Å². The van der Waals surface area contributed by atoms with Gasteiger partial charge in [-0.15, -0.1) is 0 Å². The molecule has 4 aromatic carbocycles. The lowest BCUT2D eigenvalue weighted by Crippen LogP contribution is -1.87. The number of hydrogen-bond donors (Lipinski definition) is 1. The fourth-order valence-corrected chi connectivity index (χ4v) is 2.92. The Morgan fingerprint density at radius 2 is 1.12 bits per heavy atom. The number of hydrazone groups is 1. The third-order valence-electron chi connectivity index (χ3n) is 4.20. The van der Waals surface area contributed by atoms with Gasteiger partial charge in [-0.2, -0.15) is 5.10 Å². The zero-order chi connectivity index (χ0) is 16.9. The molecule has 2 heteroatoms. The fourth-order valence-electron chi connectivity index (χ4n) is 2.92. The van der Waals surface area contributed by atoms with E-state index in [0.29, 0.717) is 0 Å². The monoisotopic (exact) mass is 322 g/mol. The van der Waals surface area contributed by atoms with Crippen LogP contribution in [0.1, 0.15) is 5.56 Å². The highest BCUT2D eigenvalue weighted by Crippen LogP contribution is 2.22. The number of para-hydroxylation sites is 1. The van der Waals surface area contributed by atoms with Gasteiger partial charge in [-0.3, -0.25) is 5.43 Å². The van der Waals surface area contributed by atoms with Gasteiger partial charge < -0.3 is 0 Å². The van der Waals surface area contributed by atoms with Crippen molar-refractivity contribution in [3.63, 3.8) is 0 Å². The second-order valence-electron chi connectivity index (χ2n) is 5.88. The molecule has 0 aliphatic carbocycles. The van der Waals surface area contributed by atoms with Gasteiger partial charge in [0.1, 0.15) is 0 Å². The van der Waals surface area contributed by atoms with Crippen molar-refractivity contribution in [1.29, 1.82) is 0 Å². The van der Waals surface area contributed by atoms with Crippen molar-refractivity contribution in [2.24, 2.45) is 5.10 Å². The van der Waals surface area contributed by atoms with Crippen LogP contribution in [0.15, 0.2) is 96.1 Å². The number of rotatable bonds is 0. The van der Waals surface area contributed by atoms with Gasteiger partial charge in [-0.25, -0.2) is 0 Å². The minimum Gasteiger partial charge on any atom is -0.278 e. The third-order valence-corrected chi connectivity index (χ3v) is 4.20. The number of hydrogen-bond acceptors (Lipinski definition) is 2. The van der Waals surface area contributed by atoms with Crippen LogP contribution >= 0.6 is 0 Å². The Morgan fingerprint density at radius 3 is 1.72 bits per heavy atom. The summed E-state index contributed by atoms with van der Waals surface area (Å²) < 4.78 is 0. The number of nitrogens with zero attached hydrogens (tertiary/aromatic N) is 1. The smallest absolute Gasteiger partial charge is 0.0634 e. The van der Waals surface area contributed by atoms with Crippen molar-refractivity contribution < 1.29 is 0 Å². The van der Waals surface area contributed by atoms with Gasteiger partial charge in [0.15, 0.2) is 0 Å². The highest BCUT2D eigenvalue weighted by atomic mass is 15.3. The molecule has 0 amide bonds. The van der Waals surface area contributed by atoms with E-state index < -0.39 is 0 Å². The Morgan fingerprint density at radius 1 is 0.600 bits per heavy atom. The molecule has 0 saturated carbocycles. The summed E-state index contributed by atoms with van der Waals surface area (Å²) in [5.74, 6) is 0. The van der Waals surface area contributed by atoms with E-state index in [-0.39, 0.29) is 0 Å². The van der Waals surface area contributed by atoms with Crippen molar-refractivity contribution in [2.75, 3.05) is 5.43 Å². The summed E-state index contributed by atoms with van der Waals surface area (Å²) in [4.78, 5) is 0. The molecule has 2 nitrogen and oxygen atoms in total. The molecular formula is C23H18N2. The Labute approximate surface area is 147 Å². The van der Waals surface area contributed by atoms with Gasteiger partial charge in [-0.1, -0.05) is 72.8 Å². The summed E-state index contributed by atoms with van der Waals surface area (Å²) in [6.45, 7) is 0. The van der Waals surface area contributed by atoms with Gasteiger partial charge >= 0.3 is 0 Å². The fraction of sp³-hybridized carbons (Fsp3) is 0. The predicted molar refractivity (Wildman–Crippen MR) is 109 cm³/mol. The summed E-state index contributed by atoms with van der Waals surface area (Å²) in [5, 5.41) is 9.20. The van der Waals surface area contributed by atoms with Gasteiger partial charge in [0.2, 0.25) is 0 Å². The van der Waals surface area contributed by atoms with Crippen LogP contribution in [0.3, 0.4) is 0 Å². The normalized spacial score (nSPS) is 12.0. The zero-order valence-corrected chi connectivity index (χ0v) is 13.8. The lowest BCUT2D eigenvalue weighted by molar-refractivity contribution is 1.36. The maximum atomic E-state index is 3.95. The molecule has 120 valence electrons. The molecule has 4 aromatic rings. The topological polar surface area (TPSA) is 24.4 Å². The SMILES string of the molecule is C1=Cc2ccccc2NN=C1.c1ccc2cc3ccccc3cc2c1. The van der Waals surface area contributed by atoms with Crippen molar-refractivity contribution in [1.82, 2.24) is 0 Å². The first-order valence-corrected chi connectivity index (χ1v) is 8.32. The minimum atomic E-state index is 1.05. The van der Waals surface area contributed by atoms with Crippen LogP contribution in [0.2, 0.25) is 0 Å². The number of benzene rings is 4. The first-order chi connectivity index (χ1) is 12.4. The first kappa shape index (κ1) is 15.2. The third kappa shape index (κ3) is 3.43. The van der Waals surface area contributed by atoms with Gasteiger partial charge in [-0.05, 0) is 51.4 Å². The molecule has 0 bridgehead atoms. The van der Waals surface area contributed by atoms with E-state index in [1.54, 1.807) is 6.21 Å². The van der Waals surface area contributed by atoms with E-state index in [1.807, 2.05) is 36.4 Å². The Bertz CT molecular complexity index is 972. The second-order valence-corrected chi connectivity index (χ2v) is 5.88. The van der Waals surface area contributed by atoms with Crippen LogP contribution in [-0.4, -0.2) is 6.21 Å². The molecule has 1 heterocycles. The largest absolute Gasteiger partial charge is 0.278 e. The van der Waals surface area contributed by atoms with Crippen LogP contribution in [0, 0.1) is 0 Å². The summed E-state index contributed by atoms with van der Waals surface area (Å²) >= 11 is 0. The van der Waals surface area contributed by atoms with Crippen molar-refractivity contribution in [2.45, 2.75) is 0 Å². The molecule has 0 aromatic heterocycles. The zero-order valence-electron chi connectivity index (χ0n) is 13.8. The number of anilines is 1. The van der Waals surface area contributed by atoms with Crippen molar-refractivity contribution in [3.8, 4) is 0 Å². The Kier molecular flexibility index (Phi) is 4.25. The van der Waals surface area contributed by atoms with Crippen LogP contribution < -0.4 is 5.43 Å². The van der Waals surface area contributed by atoms with Crippen LogP contribution in [-0.2, 0) is 0 Å². The van der Waals surface area contributed by atoms with E-state index in [0.717, 1.165) is 5.69 Å². The van der Waals surface area contributed by atoms with Crippen LogP contribution in [0.5, 0.6) is 0 Å². The number of allylic oxidation sites excluding steroid dienone is 1. The number of nitrogens with one attached hydrogen (secondary N) is 1. The molecular weight excluding hydrogens is 304 g/mol. The van der Waals surface area contributed by atoms with E-state index in [9.17, 15) is 0 Å². The summed E-state index contributed by atoms with van der Waals surface area (Å²) in [7, 11) is 0. The molecule has 0 saturated heterocycles. The first-order valence-electron chi connectivity index (χ1n) is 8.32. The highest BCUT2D eigenvalue weighted by molar-refractivity contribution is 5.98. The second kappa shape index (κ2) is 7.02. The summed E-state index contributed by atoms with van der Waals surface area (Å²) in [5.41, 5.74) is 5.16. The van der Waals surface area contributed by atoms with Gasteiger partial charge in [0.05, 0.1) is 5.69 Å². The predicted octanol–water partition coefficient (Wildman–Crippen LogP) is 6.10. The van der Waals surface area contributed by atoms with Gasteiger partial charge in [0, 0.05) is 6.21 Å². The lowest BCUT2D eigenvalue weighted by Gasteiger charge is -2.00. The van der Waals surface area contributed by atoms with Crippen molar-refractivity contribution >= 4 is 39.5 Å². The molecule has 25 heavy (non-hydrogen) atoms. The molecule has 0 fully saturated rings. The molecule has 1 aliphatic heterocycles. The average molecular weight is 322 g/mol. The average Bonchev–Trinajstić information content (AvgIpc) is 2.92. The van der Waals surface area contributed by atoms with E-state index in [4.69, 9.17) is 0 Å². The van der Waals surface area contributed by atoms with E-state index >= 15 is 0 Å².